The van der Waals surface area contributed by atoms with E-state index in [1.807, 2.05) is 0 Å². The van der Waals surface area contributed by atoms with Gasteiger partial charge >= 0.3 is 0 Å². The second-order valence-corrected chi connectivity index (χ2v) is 5.62. The van der Waals surface area contributed by atoms with Gasteiger partial charge in [0.25, 0.3) is 5.91 Å². The highest BCUT2D eigenvalue weighted by molar-refractivity contribution is 5.92. The lowest BCUT2D eigenvalue weighted by Crippen LogP contribution is -2.49. The van der Waals surface area contributed by atoms with Crippen molar-refractivity contribution < 1.29 is 4.79 Å². The van der Waals surface area contributed by atoms with Gasteiger partial charge < -0.3 is 14.8 Å². The number of carbonyl (C=O) groups excluding carboxylic acids is 1. The van der Waals surface area contributed by atoms with Crippen molar-refractivity contribution in [2.24, 2.45) is 0 Å². The molecule has 0 aliphatic carbocycles. The monoisotopic (exact) mass is 262 g/mol. The summed E-state index contributed by atoms with van der Waals surface area (Å²) < 4.78 is 0. The molecule has 0 aromatic carbocycles. The lowest BCUT2D eigenvalue weighted by molar-refractivity contribution is 0.0555. The Morgan fingerprint density at radius 3 is 2.79 bits per heavy atom. The lowest BCUT2D eigenvalue weighted by atomic mass is 10.0. The fourth-order valence-corrected chi connectivity index (χ4v) is 3.25. The molecule has 0 saturated carbocycles. The van der Waals surface area contributed by atoms with E-state index >= 15 is 0 Å². The van der Waals surface area contributed by atoms with E-state index in [1.165, 1.54) is 32.4 Å². The fraction of sp³-hybridized carbons (Fsp3) is 0.714. The molecule has 2 aliphatic heterocycles. The van der Waals surface area contributed by atoms with Gasteiger partial charge in [0.1, 0.15) is 5.69 Å². The predicted octanol–water partition coefficient (Wildman–Crippen LogP) is 1.50. The highest BCUT2D eigenvalue weighted by Crippen LogP contribution is 2.21. The first-order valence-electron chi connectivity index (χ1n) is 7.36. The molecule has 1 aromatic rings. The molecule has 1 amide bonds. The Labute approximate surface area is 114 Å². The Morgan fingerprint density at radius 2 is 2.05 bits per heavy atom. The Bertz CT molecular complexity index is 411. The molecule has 5 nitrogen and oxygen atoms in total. The van der Waals surface area contributed by atoms with Crippen LogP contribution in [0.15, 0.2) is 12.5 Å². The standard InChI is InChI=1S/C14H22N4O/c19-14(13-9-15-11-16-13)18-8-2-1-5-12(18)10-17-6-3-4-7-17/h9,11-12H,1-8,10H2,(H,15,16)/t12-/m1/s1. The number of aromatic nitrogens is 2. The van der Waals surface area contributed by atoms with E-state index in [0.717, 1.165) is 25.9 Å². The molecule has 3 heterocycles. The normalized spacial score (nSPS) is 24.8. The van der Waals surface area contributed by atoms with Crippen LogP contribution in [-0.2, 0) is 0 Å². The van der Waals surface area contributed by atoms with Crippen molar-refractivity contribution in [2.75, 3.05) is 26.2 Å². The van der Waals surface area contributed by atoms with Gasteiger partial charge in [-0.15, -0.1) is 0 Å². The summed E-state index contributed by atoms with van der Waals surface area (Å²) in [4.78, 5) is 23.9. The second-order valence-electron chi connectivity index (χ2n) is 5.62. The van der Waals surface area contributed by atoms with Crippen LogP contribution in [0.2, 0.25) is 0 Å². The van der Waals surface area contributed by atoms with Gasteiger partial charge in [0.15, 0.2) is 0 Å². The quantitative estimate of drug-likeness (QED) is 0.898. The summed E-state index contributed by atoms with van der Waals surface area (Å²) in [6.07, 6.45) is 9.32. The first kappa shape index (κ1) is 12.7. The van der Waals surface area contributed by atoms with Crippen LogP contribution in [0.3, 0.4) is 0 Å². The van der Waals surface area contributed by atoms with Crippen molar-refractivity contribution in [3.8, 4) is 0 Å². The maximum absolute atomic E-state index is 12.5. The minimum Gasteiger partial charge on any atom is -0.341 e. The van der Waals surface area contributed by atoms with Crippen LogP contribution < -0.4 is 0 Å². The molecule has 2 saturated heterocycles. The molecule has 1 N–H and O–H groups in total. The van der Waals surface area contributed by atoms with Crippen LogP contribution in [0.1, 0.15) is 42.6 Å². The number of imidazole rings is 1. The van der Waals surface area contributed by atoms with Crippen LogP contribution in [0, 0.1) is 0 Å². The number of aromatic amines is 1. The number of hydrogen-bond acceptors (Lipinski definition) is 3. The van der Waals surface area contributed by atoms with Gasteiger partial charge in [-0.25, -0.2) is 4.98 Å². The molecule has 0 bridgehead atoms. The second kappa shape index (κ2) is 5.74. The number of nitrogens with one attached hydrogen (secondary N) is 1. The lowest BCUT2D eigenvalue weighted by Gasteiger charge is -2.37. The van der Waals surface area contributed by atoms with E-state index in [-0.39, 0.29) is 5.91 Å². The van der Waals surface area contributed by atoms with Crippen LogP contribution >= 0.6 is 0 Å². The van der Waals surface area contributed by atoms with Crippen LogP contribution in [0.5, 0.6) is 0 Å². The first-order valence-corrected chi connectivity index (χ1v) is 7.36. The van der Waals surface area contributed by atoms with Gasteiger partial charge in [-0.1, -0.05) is 0 Å². The van der Waals surface area contributed by atoms with Gasteiger partial charge in [-0.2, -0.15) is 0 Å². The third-order valence-electron chi connectivity index (χ3n) is 4.28. The van der Waals surface area contributed by atoms with Crippen molar-refractivity contribution in [1.82, 2.24) is 19.8 Å². The molecule has 19 heavy (non-hydrogen) atoms. The molecule has 5 heteroatoms. The van der Waals surface area contributed by atoms with Crippen LogP contribution in [-0.4, -0.2) is 57.9 Å². The van der Waals surface area contributed by atoms with Crippen LogP contribution in [0.4, 0.5) is 0 Å². The molecule has 0 radical (unpaired) electrons. The summed E-state index contributed by atoms with van der Waals surface area (Å²) in [7, 11) is 0. The summed E-state index contributed by atoms with van der Waals surface area (Å²) >= 11 is 0. The van der Waals surface area contributed by atoms with Gasteiger partial charge in [-0.3, -0.25) is 4.79 Å². The molecule has 104 valence electrons. The van der Waals surface area contributed by atoms with E-state index < -0.39 is 0 Å². The smallest absolute Gasteiger partial charge is 0.272 e. The summed E-state index contributed by atoms with van der Waals surface area (Å²) in [5.41, 5.74) is 0.619. The summed E-state index contributed by atoms with van der Waals surface area (Å²) in [5, 5.41) is 0. The first-order chi connectivity index (χ1) is 9.34. The Hall–Kier alpha value is -1.36. The van der Waals surface area contributed by atoms with Crippen molar-refractivity contribution in [2.45, 2.75) is 38.1 Å². The minimum atomic E-state index is 0.112. The number of carbonyl (C=O) groups is 1. The Kier molecular flexibility index (Phi) is 3.82. The molecule has 1 atom stereocenters. The number of rotatable bonds is 3. The number of hydrogen-bond donors (Lipinski definition) is 1. The number of piperidine rings is 1. The van der Waals surface area contributed by atoms with E-state index in [2.05, 4.69) is 19.8 Å². The van der Waals surface area contributed by atoms with Gasteiger partial charge in [0, 0.05) is 19.1 Å². The molecular formula is C14H22N4O. The number of likely N-dealkylation sites (tertiary alicyclic amines) is 2. The van der Waals surface area contributed by atoms with Crippen molar-refractivity contribution in [3.63, 3.8) is 0 Å². The molecule has 0 unspecified atom stereocenters. The molecule has 2 fully saturated rings. The SMILES string of the molecule is O=C(c1cnc[nH]1)N1CCCC[C@@H]1CN1CCCC1. The molecule has 0 spiro atoms. The third-order valence-corrected chi connectivity index (χ3v) is 4.28. The third kappa shape index (κ3) is 2.81. The molecule has 2 aliphatic rings. The molecule has 1 aromatic heterocycles. The van der Waals surface area contributed by atoms with Gasteiger partial charge in [0.2, 0.25) is 0 Å². The number of H-pyrrole nitrogens is 1. The van der Waals surface area contributed by atoms with E-state index in [1.54, 1.807) is 12.5 Å². The Morgan fingerprint density at radius 1 is 1.26 bits per heavy atom. The average Bonchev–Trinajstić information content (AvgIpc) is 3.11. The summed E-state index contributed by atoms with van der Waals surface area (Å²) in [6, 6.07) is 0.377. The average molecular weight is 262 g/mol. The summed E-state index contributed by atoms with van der Waals surface area (Å²) in [6.45, 7) is 4.32. The van der Waals surface area contributed by atoms with Gasteiger partial charge in [-0.05, 0) is 45.2 Å². The molecule has 3 rings (SSSR count). The zero-order valence-electron chi connectivity index (χ0n) is 11.3. The summed E-state index contributed by atoms with van der Waals surface area (Å²) in [5.74, 6) is 0.112. The largest absolute Gasteiger partial charge is 0.341 e. The highest BCUT2D eigenvalue weighted by Gasteiger charge is 2.30. The number of amides is 1. The zero-order valence-corrected chi connectivity index (χ0v) is 11.3. The van der Waals surface area contributed by atoms with Gasteiger partial charge in [0.05, 0.1) is 12.5 Å². The Balaban J connectivity index is 1.67. The van der Waals surface area contributed by atoms with E-state index in [9.17, 15) is 4.79 Å². The topological polar surface area (TPSA) is 52.2 Å². The maximum Gasteiger partial charge on any atom is 0.272 e. The fourth-order valence-electron chi connectivity index (χ4n) is 3.25. The van der Waals surface area contributed by atoms with E-state index in [4.69, 9.17) is 0 Å². The minimum absolute atomic E-state index is 0.112. The number of nitrogens with zero attached hydrogens (tertiary/aromatic N) is 3. The highest BCUT2D eigenvalue weighted by atomic mass is 16.2. The molecular weight excluding hydrogens is 240 g/mol. The van der Waals surface area contributed by atoms with Crippen molar-refractivity contribution in [1.29, 1.82) is 0 Å². The predicted molar refractivity (Wildman–Crippen MR) is 72.9 cm³/mol. The van der Waals surface area contributed by atoms with Crippen molar-refractivity contribution in [3.05, 3.63) is 18.2 Å². The van der Waals surface area contributed by atoms with E-state index in [0.29, 0.717) is 11.7 Å². The zero-order chi connectivity index (χ0) is 13.1. The van der Waals surface area contributed by atoms with Crippen LogP contribution in [0.25, 0.3) is 0 Å². The maximum atomic E-state index is 12.5. The van der Waals surface area contributed by atoms with Crippen molar-refractivity contribution >= 4 is 5.91 Å².